The Hall–Kier alpha value is -2.56. The number of hydrogen-bond donors (Lipinski definition) is 2. The largest absolute Gasteiger partial charge is 0.474 e. The van der Waals surface area contributed by atoms with E-state index in [4.69, 9.17) is 9.84 Å². The molecule has 2 aromatic heterocycles. The van der Waals surface area contributed by atoms with Gasteiger partial charge in [-0.2, -0.15) is 13.2 Å². The summed E-state index contributed by atoms with van der Waals surface area (Å²) in [5.41, 5.74) is -0.857. The van der Waals surface area contributed by atoms with Gasteiger partial charge in [0.1, 0.15) is 6.10 Å². The van der Waals surface area contributed by atoms with Crippen LogP contribution in [0.2, 0.25) is 0 Å². The van der Waals surface area contributed by atoms with Crippen molar-refractivity contribution in [2.45, 2.75) is 38.0 Å². The lowest BCUT2D eigenvalue weighted by atomic mass is 9.68. The second-order valence-electron chi connectivity index (χ2n) is 7.87. The zero-order valence-corrected chi connectivity index (χ0v) is 16.9. The fourth-order valence-electron chi connectivity index (χ4n) is 4.26. The van der Waals surface area contributed by atoms with Crippen LogP contribution < -0.4 is 10.1 Å². The number of aromatic nitrogens is 1. The Morgan fingerprint density at radius 1 is 1.33 bits per heavy atom. The number of carboxylic acid groups (broad SMARTS) is 1. The molecule has 1 aliphatic carbocycles. The van der Waals surface area contributed by atoms with Crippen LogP contribution in [-0.2, 0) is 6.18 Å². The third-order valence-corrected chi connectivity index (χ3v) is 6.88. The Balaban J connectivity index is 1.55. The molecule has 2 N–H and O–H groups in total. The average Bonchev–Trinajstić information content (AvgIpc) is 3.08. The first kappa shape index (κ1) is 20.7. The van der Waals surface area contributed by atoms with E-state index in [0.29, 0.717) is 25.9 Å². The Morgan fingerprint density at radius 2 is 2.00 bits per heavy atom. The lowest BCUT2D eigenvalue weighted by Gasteiger charge is -2.52. The van der Waals surface area contributed by atoms with E-state index in [-0.39, 0.29) is 33.2 Å². The smallest absolute Gasteiger partial charge is 0.418 e. The molecule has 1 aliphatic heterocycles. The molecule has 1 saturated carbocycles. The second kappa shape index (κ2) is 7.29. The predicted molar refractivity (Wildman–Crippen MR) is 103 cm³/mol. The monoisotopic (exact) mass is 443 g/mol. The minimum absolute atomic E-state index is 0.0208. The van der Waals surface area contributed by atoms with Gasteiger partial charge in [-0.05, 0) is 25.7 Å². The quantitative estimate of drug-likeness (QED) is 0.749. The van der Waals surface area contributed by atoms with Crippen molar-refractivity contribution in [1.82, 2.24) is 15.2 Å². The van der Waals surface area contributed by atoms with Crippen LogP contribution in [-0.4, -0.2) is 53.2 Å². The number of nitrogens with zero attached hydrogens (tertiary/aromatic N) is 2. The van der Waals surface area contributed by atoms with E-state index in [0.717, 1.165) is 30.2 Å². The highest BCUT2D eigenvalue weighted by atomic mass is 32.1. The molecule has 30 heavy (non-hydrogen) atoms. The van der Waals surface area contributed by atoms with E-state index in [2.05, 4.69) is 10.3 Å². The van der Waals surface area contributed by atoms with E-state index in [9.17, 15) is 22.8 Å². The summed E-state index contributed by atoms with van der Waals surface area (Å²) >= 11 is 0.827. The van der Waals surface area contributed by atoms with Gasteiger partial charge < -0.3 is 20.1 Å². The molecule has 1 spiro atoms. The van der Waals surface area contributed by atoms with E-state index in [1.807, 2.05) is 0 Å². The standard InChI is InChI=1S/C19H20F3N3O4S/c1-23-16(26)11-7-30-15-12(19(20,21)22)6-13(24-14(11)15)29-10-2-4-18(5-3-10)8-25(9-18)17(27)28/h6-7,10H,2-5,8-9H2,1H3,(H,23,26)(H,27,28). The number of carbonyl (C=O) groups excluding carboxylic acids is 1. The van der Waals surface area contributed by atoms with Crippen LogP contribution in [0.4, 0.5) is 18.0 Å². The SMILES string of the molecule is CNC(=O)c1csc2c(C(F)(F)F)cc(OC3CCC4(CC3)CN(C(=O)O)C4)nc12. The Morgan fingerprint density at radius 3 is 2.57 bits per heavy atom. The van der Waals surface area contributed by atoms with Gasteiger partial charge in [-0.3, -0.25) is 4.79 Å². The number of likely N-dealkylation sites (tertiary alicyclic amines) is 1. The van der Waals surface area contributed by atoms with Crippen LogP contribution in [0, 0.1) is 5.41 Å². The van der Waals surface area contributed by atoms with E-state index in [1.54, 1.807) is 0 Å². The summed E-state index contributed by atoms with van der Waals surface area (Å²) in [5, 5.41) is 12.8. The molecule has 4 rings (SSSR count). The summed E-state index contributed by atoms with van der Waals surface area (Å²) in [6, 6.07) is 0.895. The lowest BCUT2D eigenvalue weighted by Crippen LogP contribution is -2.59. The van der Waals surface area contributed by atoms with Gasteiger partial charge in [-0.1, -0.05) is 0 Å². The zero-order chi connectivity index (χ0) is 21.7. The van der Waals surface area contributed by atoms with Gasteiger partial charge in [0.25, 0.3) is 5.91 Å². The van der Waals surface area contributed by atoms with Gasteiger partial charge in [0.2, 0.25) is 5.88 Å². The molecule has 2 aromatic rings. The summed E-state index contributed by atoms with van der Waals surface area (Å²) in [6.45, 7) is 0.976. The molecule has 2 fully saturated rings. The summed E-state index contributed by atoms with van der Waals surface area (Å²) in [7, 11) is 1.40. The van der Waals surface area contributed by atoms with Crippen molar-refractivity contribution in [3.8, 4) is 5.88 Å². The van der Waals surface area contributed by atoms with Crippen molar-refractivity contribution in [3.05, 3.63) is 22.6 Å². The number of rotatable bonds is 3. The maximum absolute atomic E-state index is 13.6. The normalized spacial score (nSPS) is 19.0. The summed E-state index contributed by atoms with van der Waals surface area (Å²) in [6.07, 6.45) is -3.12. The maximum Gasteiger partial charge on any atom is 0.418 e. The van der Waals surface area contributed by atoms with Crippen molar-refractivity contribution >= 4 is 33.6 Å². The van der Waals surface area contributed by atoms with Gasteiger partial charge in [-0.25, -0.2) is 9.78 Å². The van der Waals surface area contributed by atoms with Crippen LogP contribution in [0.3, 0.4) is 0 Å². The topological polar surface area (TPSA) is 91.8 Å². The van der Waals surface area contributed by atoms with Gasteiger partial charge >= 0.3 is 12.3 Å². The molecule has 0 atom stereocenters. The predicted octanol–water partition coefficient (Wildman–Crippen LogP) is 3.98. The molecule has 0 bridgehead atoms. The third-order valence-electron chi connectivity index (χ3n) is 5.88. The number of ether oxygens (including phenoxy) is 1. The minimum Gasteiger partial charge on any atom is -0.474 e. The van der Waals surface area contributed by atoms with Gasteiger partial charge in [-0.15, -0.1) is 11.3 Å². The highest BCUT2D eigenvalue weighted by Gasteiger charge is 2.47. The van der Waals surface area contributed by atoms with Crippen molar-refractivity contribution < 1.29 is 32.6 Å². The van der Waals surface area contributed by atoms with Crippen LogP contribution in [0.15, 0.2) is 11.4 Å². The van der Waals surface area contributed by atoms with Crippen molar-refractivity contribution in [3.63, 3.8) is 0 Å². The van der Waals surface area contributed by atoms with Crippen molar-refractivity contribution in [1.29, 1.82) is 0 Å². The molecule has 2 amide bonds. The Labute approximate surface area is 173 Å². The van der Waals surface area contributed by atoms with Crippen LogP contribution >= 0.6 is 11.3 Å². The molecule has 162 valence electrons. The number of amides is 2. The number of halogens is 3. The molecular formula is C19H20F3N3O4S. The van der Waals surface area contributed by atoms with Crippen molar-refractivity contribution in [2.24, 2.45) is 5.41 Å². The molecular weight excluding hydrogens is 423 g/mol. The zero-order valence-electron chi connectivity index (χ0n) is 16.1. The fourth-order valence-corrected chi connectivity index (χ4v) is 5.28. The number of thiophene rings is 1. The first-order chi connectivity index (χ1) is 14.1. The van der Waals surface area contributed by atoms with Gasteiger partial charge in [0.05, 0.1) is 21.3 Å². The molecule has 3 heterocycles. The molecule has 0 radical (unpaired) electrons. The van der Waals surface area contributed by atoms with Crippen LogP contribution in [0.25, 0.3) is 10.2 Å². The molecule has 2 aliphatic rings. The summed E-state index contributed by atoms with van der Waals surface area (Å²) in [4.78, 5) is 28.6. The van der Waals surface area contributed by atoms with Gasteiger partial charge in [0.15, 0.2) is 0 Å². The lowest BCUT2D eigenvalue weighted by molar-refractivity contribution is -0.136. The highest BCUT2D eigenvalue weighted by Crippen LogP contribution is 2.45. The van der Waals surface area contributed by atoms with Crippen LogP contribution in [0.5, 0.6) is 5.88 Å². The maximum atomic E-state index is 13.6. The highest BCUT2D eigenvalue weighted by molar-refractivity contribution is 7.17. The molecule has 0 unspecified atom stereocenters. The Kier molecular flexibility index (Phi) is 5.03. The third kappa shape index (κ3) is 3.66. The number of hydrogen-bond acceptors (Lipinski definition) is 5. The Bertz CT molecular complexity index is 991. The summed E-state index contributed by atoms with van der Waals surface area (Å²) < 4.78 is 46.5. The van der Waals surface area contributed by atoms with Crippen molar-refractivity contribution in [2.75, 3.05) is 20.1 Å². The first-order valence-electron chi connectivity index (χ1n) is 9.48. The van der Waals surface area contributed by atoms with Gasteiger partial charge in [0, 0.05) is 37.0 Å². The summed E-state index contributed by atoms with van der Waals surface area (Å²) in [5.74, 6) is -0.660. The number of carbonyl (C=O) groups is 2. The fraction of sp³-hybridized carbons (Fsp3) is 0.526. The molecule has 7 nitrogen and oxygen atoms in total. The molecule has 0 aromatic carbocycles. The van der Waals surface area contributed by atoms with E-state index >= 15 is 0 Å². The number of pyridine rings is 1. The number of alkyl halides is 3. The second-order valence-corrected chi connectivity index (χ2v) is 8.75. The minimum atomic E-state index is -4.60. The van der Waals surface area contributed by atoms with Crippen LogP contribution in [0.1, 0.15) is 41.6 Å². The number of nitrogens with one attached hydrogen (secondary N) is 1. The van der Waals surface area contributed by atoms with E-state index < -0.39 is 23.7 Å². The first-order valence-corrected chi connectivity index (χ1v) is 10.4. The average molecular weight is 443 g/mol. The molecule has 11 heteroatoms. The molecule has 1 saturated heterocycles. The van der Waals surface area contributed by atoms with E-state index in [1.165, 1.54) is 17.3 Å². The number of fused-ring (bicyclic) bond motifs is 1.